The van der Waals surface area contributed by atoms with E-state index in [0.29, 0.717) is 11.8 Å². The van der Waals surface area contributed by atoms with Crippen LogP contribution in [0.15, 0.2) is 30.3 Å². The molecule has 0 bridgehead atoms. The number of carbonyl (C=O) groups excluding carboxylic acids is 1. The molecule has 0 radical (unpaired) electrons. The van der Waals surface area contributed by atoms with Gasteiger partial charge in [0.2, 0.25) is 5.91 Å². The number of benzene rings is 1. The molecule has 2 aliphatic rings. The normalized spacial score (nSPS) is 21.1. The van der Waals surface area contributed by atoms with Crippen molar-refractivity contribution in [2.45, 2.75) is 32.2 Å². The van der Waals surface area contributed by atoms with Gasteiger partial charge in [-0.3, -0.25) is 9.69 Å². The minimum absolute atomic E-state index is 0. The number of rotatable bonds is 5. The fourth-order valence-corrected chi connectivity index (χ4v) is 3.67. The largest absolute Gasteiger partial charge is 0.341 e. The monoisotopic (exact) mass is 387 g/mol. The first kappa shape index (κ1) is 22.2. The Bertz CT molecular complexity index is 495. The van der Waals surface area contributed by atoms with Crippen molar-refractivity contribution in [1.82, 2.24) is 15.1 Å². The van der Waals surface area contributed by atoms with E-state index in [-0.39, 0.29) is 24.8 Å². The van der Waals surface area contributed by atoms with Gasteiger partial charge in [-0.15, -0.1) is 24.8 Å². The molecule has 1 N–H and O–H groups in total. The van der Waals surface area contributed by atoms with Gasteiger partial charge in [0.25, 0.3) is 0 Å². The van der Waals surface area contributed by atoms with Gasteiger partial charge in [0.05, 0.1) is 0 Å². The Kier molecular flexibility index (Phi) is 10.4. The third-order valence-electron chi connectivity index (χ3n) is 5.12. The van der Waals surface area contributed by atoms with Crippen LogP contribution in [-0.2, 0) is 11.3 Å². The smallest absolute Gasteiger partial charge is 0.222 e. The second-order valence-electron chi connectivity index (χ2n) is 6.89. The van der Waals surface area contributed by atoms with E-state index < -0.39 is 0 Å². The molecule has 2 heterocycles. The van der Waals surface area contributed by atoms with Crippen LogP contribution in [0.2, 0.25) is 0 Å². The van der Waals surface area contributed by atoms with E-state index in [4.69, 9.17) is 0 Å². The summed E-state index contributed by atoms with van der Waals surface area (Å²) >= 11 is 0. The summed E-state index contributed by atoms with van der Waals surface area (Å²) in [4.78, 5) is 17.0. The van der Waals surface area contributed by atoms with Crippen molar-refractivity contribution in [2.24, 2.45) is 5.92 Å². The Balaban J connectivity index is 0.00000156. The van der Waals surface area contributed by atoms with Crippen LogP contribution in [0.5, 0.6) is 0 Å². The summed E-state index contributed by atoms with van der Waals surface area (Å²) in [7, 11) is 0. The van der Waals surface area contributed by atoms with Crippen LogP contribution in [0.4, 0.5) is 0 Å². The SMILES string of the molecule is Cl.Cl.O=C(CCC1CCNC1)N1CCCN(Cc2ccccc2)CC1. The number of nitrogens with one attached hydrogen (secondary N) is 1. The topological polar surface area (TPSA) is 35.6 Å². The molecule has 1 aromatic rings. The number of halogens is 2. The van der Waals surface area contributed by atoms with Gasteiger partial charge >= 0.3 is 0 Å². The van der Waals surface area contributed by atoms with Crippen molar-refractivity contribution in [3.8, 4) is 0 Å². The fourth-order valence-electron chi connectivity index (χ4n) is 3.67. The van der Waals surface area contributed by atoms with Crippen molar-refractivity contribution in [3.63, 3.8) is 0 Å². The summed E-state index contributed by atoms with van der Waals surface area (Å²) in [5.41, 5.74) is 1.36. The molecule has 142 valence electrons. The van der Waals surface area contributed by atoms with Gasteiger partial charge in [0.15, 0.2) is 0 Å². The first-order valence-corrected chi connectivity index (χ1v) is 9.06. The van der Waals surface area contributed by atoms with Crippen molar-refractivity contribution in [2.75, 3.05) is 39.3 Å². The molecule has 4 nitrogen and oxygen atoms in total. The zero-order chi connectivity index (χ0) is 15.9. The van der Waals surface area contributed by atoms with E-state index >= 15 is 0 Å². The van der Waals surface area contributed by atoms with E-state index in [0.717, 1.165) is 65.1 Å². The van der Waals surface area contributed by atoms with Crippen LogP contribution < -0.4 is 5.32 Å². The summed E-state index contributed by atoms with van der Waals surface area (Å²) in [5.74, 6) is 1.07. The van der Waals surface area contributed by atoms with Gasteiger partial charge in [0.1, 0.15) is 0 Å². The third-order valence-corrected chi connectivity index (χ3v) is 5.12. The lowest BCUT2D eigenvalue weighted by Crippen LogP contribution is -2.35. The first-order chi connectivity index (χ1) is 11.3. The lowest BCUT2D eigenvalue weighted by atomic mass is 10.0. The van der Waals surface area contributed by atoms with E-state index in [2.05, 4.69) is 45.4 Å². The summed E-state index contributed by atoms with van der Waals surface area (Å²) in [5, 5.41) is 3.38. The van der Waals surface area contributed by atoms with Gasteiger partial charge in [-0.2, -0.15) is 0 Å². The van der Waals surface area contributed by atoms with Crippen molar-refractivity contribution < 1.29 is 4.79 Å². The molecule has 3 rings (SSSR count). The predicted molar refractivity (Wildman–Crippen MR) is 108 cm³/mol. The molecule has 1 unspecified atom stereocenters. The number of carbonyl (C=O) groups is 1. The van der Waals surface area contributed by atoms with Crippen LogP contribution in [0, 0.1) is 5.92 Å². The quantitative estimate of drug-likeness (QED) is 0.843. The summed E-state index contributed by atoms with van der Waals surface area (Å²) in [6.07, 6.45) is 4.10. The molecular formula is C19H31Cl2N3O. The Labute approximate surface area is 164 Å². The fraction of sp³-hybridized carbons (Fsp3) is 0.632. The van der Waals surface area contributed by atoms with E-state index in [1.54, 1.807) is 0 Å². The lowest BCUT2D eigenvalue weighted by molar-refractivity contribution is -0.131. The number of nitrogens with zero attached hydrogens (tertiary/aromatic N) is 2. The second kappa shape index (κ2) is 11.7. The van der Waals surface area contributed by atoms with E-state index in [1.165, 1.54) is 12.0 Å². The maximum absolute atomic E-state index is 12.5. The molecule has 2 saturated heterocycles. The Morgan fingerprint density at radius 3 is 2.60 bits per heavy atom. The Morgan fingerprint density at radius 1 is 1.08 bits per heavy atom. The third kappa shape index (κ3) is 7.14. The van der Waals surface area contributed by atoms with Crippen molar-refractivity contribution in [3.05, 3.63) is 35.9 Å². The highest BCUT2D eigenvalue weighted by atomic mass is 35.5. The second-order valence-corrected chi connectivity index (χ2v) is 6.89. The van der Waals surface area contributed by atoms with Crippen molar-refractivity contribution >= 4 is 30.7 Å². The number of hydrogen-bond acceptors (Lipinski definition) is 3. The van der Waals surface area contributed by atoms with Crippen LogP contribution in [0.1, 0.15) is 31.2 Å². The van der Waals surface area contributed by atoms with Crippen LogP contribution in [-0.4, -0.2) is 55.0 Å². The highest BCUT2D eigenvalue weighted by Crippen LogP contribution is 2.16. The standard InChI is InChI=1S/C19H29N3O.2ClH/c23-19(8-7-17-9-10-20-15-17)22-12-4-11-21(13-14-22)16-18-5-2-1-3-6-18;;/h1-3,5-6,17,20H,4,7-16H2;2*1H. The molecule has 1 aromatic carbocycles. The average Bonchev–Trinajstić information content (AvgIpc) is 2.99. The summed E-state index contributed by atoms with van der Waals surface area (Å²) in [6.45, 7) is 7.10. The highest BCUT2D eigenvalue weighted by Gasteiger charge is 2.21. The van der Waals surface area contributed by atoms with Gasteiger partial charge < -0.3 is 10.2 Å². The molecule has 0 aliphatic carbocycles. The Morgan fingerprint density at radius 2 is 1.88 bits per heavy atom. The van der Waals surface area contributed by atoms with E-state index in [9.17, 15) is 4.79 Å². The van der Waals surface area contributed by atoms with Crippen LogP contribution in [0.3, 0.4) is 0 Å². The van der Waals surface area contributed by atoms with Gasteiger partial charge in [0, 0.05) is 39.1 Å². The minimum Gasteiger partial charge on any atom is -0.341 e. The molecule has 1 amide bonds. The molecule has 6 heteroatoms. The number of hydrogen-bond donors (Lipinski definition) is 1. The van der Waals surface area contributed by atoms with Crippen molar-refractivity contribution in [1.29, 1.82) is 0 Å². The molecule has 25 heavy (non-hydrogen) atoms. The predicted octanol–water partition coefficient (Wildman–Crippen LogP) is 2.95. The molecule has 2 fully saturated rings. The number of amides is 1. The Hall–Kier alpha value is -0.810. The zero-order valence-electron chi connectivity index (χ0n) is 14.9. The molecule has 0 spiro atoms. The first-order valence-electron chi connectivity index (χ1n) is 9.06. The van der Waals surface area contributed by atoms with Gasteiger partial charge in [-0.1, -0.05) is 30.3 Å². The van der Waals surface area contributed by atoms with Gasteiger partial charge in [-0.25, -0.2) is 0 Å². The van der Waals surface area contributed by atoms with E-state index in [1.807, 2.05) is 0 Å². The molecule has 2 aliphatic heterocycles. The molecule has 1 atom stereocenters. The minimum atomic E-state index is 0. The molecule has 0 aromatic heterocycles. The van der Waals surface area contributed by atoms with Crippen LogP contribution in [0.25, 0.3) is 0 Å². The average molecular weight is 388 g/mol. The molecule has 0 saturated carbocycles. The lowest BCUT2D eigenvalue weighted by Gasteiger charge is -2.22. The zero-order valence-corrected chi connectivity index (χ0v) is 16.5. The summed E-state index contributed by atoms with van der Waals surface area (Å²) < 4.78 is 0. The summed E-state index contributed by atoms with van der Waals surface area (Å²) in [6, 6.07) is 10.6. The maximum atomic E-state index is 12.5. The highest BCUT2D eigenvalue weighted by molar-refractivity contribution is 5.85. The van der Waals surface area contributed by atoms with Gasteiger partial charge in [-0.05, 0) is 43.8 Å². The maximum Gasteiger partial charge on any atom is 0.222 e. The van der Waals surface area contributed by atoms with Crippen LogP contribution >= 0.6 is 24.8 Å². The molecular weight excluding hydrogens is 357 g/mol.